The molecule has 0 heterocycles. The second-order valence-electron chi connectivity index (χ2n) is 2.56. The molecule has 1 nitrogen and oxygen atoms in total. The Morgan fingerprint density at radius 3 is 2.64 bits per heavy atom. The second kappa shape index (κ2) is 5.37. The lowest BCUT2D eigenvalue weighted by Gasteiger charge is -2.10. The van der Waals surface area contributed by atoms with Gasteiger partial charge >= 0.3 is 0 Å². The summed E-state index contributed by atoms with van der Waals surface area (Å²) in [4.78, 5) is 0. The third-order valence-corrected chi connectivity index (χ3v) is 2.13. The van der Waals surface area contributed by atoms with Gasteiger partial charge < -0.3 is 4.74 Å². The molecule has 0 aliphatic heterocycles. The van der Waals surface area contributed by atoms with Crippen LogP contribution in [0.3, 0.4) is 0 Å². The molecule has 0 N–H and O–H groups in total. The average Bonchev–Trinajstić information content (AvgIpc) is 2.15. The Hall–Kier alpha value is -0.540. The smallest absolute Gasteiger partial charge is 0.272 e. The molecule has 14 heavy (non-hydrogen) atoms. The molecular weight excluding hydrogens is 233 g/mol. The van der Waals surface area contributed by atoms with E-state index in [-0.39, 0.29) is 11.6 Å². The quantitative estimate of drug-likeness (QED) is 0.730. The third kappa shape index (κ3) is 3.00. The number of para-hydroxylation sites is 1. The van der Waals surface area contributed by atoms with Crippen molar-refractivity contribution in [2.24, 2.45) is 0 Å². The first-order valence-corrected chi connectivity index (χ1v) is 4.80. The first-order chi connectivity index (χ1) is 6.65. The lowest BCUT2D eigenvalue weighted by atomic mass is 10.2. The summed E-state index contributed by atoms with van der Waals surface area (Å²) in [6, 6.07) is 4.94. The molecule has 1 aromatic carbocycles. The summed E-state index contributed by atoms with van der Waals surface area (Å²) in [5, 5.41) is 0.295. The second-order valence-corrected chi connectivity index (χ2v) is 3.24. The number of ether oxygens (including phenoxy) is 1. The lowest BCUT2D eigenvalue weighted by molar-refractivity contribution is 0.0816. The van der Waals surface area contributed by atoms with Crippen LogP contribution in [0.2, 0.25) is 5.02 Å². The van der Waals surface area contributed by atoms with Crippen LogP contribution in [0, 0.1) is 0 Å². The van der Waals surface area contributed by atoms with Crippen molar-refractivity contribution in [3.8, 4) is 5.75 Å². The van der Waals surface area contributed by atoms with Crippen LogP contribution in [0.25, 0.3) is 0 Å². The van der Waals surface area contributed by atoms with Crippen molar-refractivity contribution in [2.75, 3.05) is 6.61 Å². The Labute approximate surface area is 90.6 Å². The summed E-state index contributed by atoms with van der Waals surface area (Å²) >= 11 is 11.4. The zero-order chi connectivity index (χ0) is 10.6. The molecule has 1 rings (SSSR count). The monoisotopic (exact) mass is 240 g/mol. The SMILES string of the molecule is FC(F)COc1c(Cl)cccc1CCl. The van der Waals surface area contributed by atoms with Gasteiger partial charge in [-0.25, -0.2) is 8.78 Å². The molecule has 1 aromatic rings. The summed E-state index contributed by atoms with van der Waals surface area (Å²) in [5.74, 6) is 0.420. The molecule has 0 amide bonds. The summed E-state index contributed by atoms with van der Waals surface area (Å²) in [6.45, 7) is -0.673. The predicted octanol–water partition coefficient (Wildman–Crippen LogP) is 3.72. The third-order valence-electron chi connectivity index (χ3n) is 1.55. The fourth-order valence-electron chi connectivity index (χ4n) is 0.967. The highest BCUT2D eigenvalue weighted by molar-refractivity contribution is 6.32. The van der Waals surface area contributed by atoms with Gasteiger partial charge in [-0.3, -0.25) is 0 Å². The number of halogens is 4. The van der Waals surface area contributed by atoms with E-state index in [2.05, 4.69) is 0 Å². The van der Waals surface area contributed by atoms with Gasteiger partial charge in [-0.1, -0.05) is 23.7 Å². The lowest BCUT2D eigenvalue weighted by Crippen LogP contribution is -2.08. The van der Waals surface area contributed by atoms with Gasteiger partial charge in [0.2, 0.25) is 0 Å². The van der Waals surface area contributed by atoms with Gasteiger partial charge in [0.25, 0.3) is 6.43 Å². The number of hydrogen-bond donors (Lipinski definition) is 0. The van der Waals surface area contributed by atoms with Crippen LogP contribution in [0.5, 0.6) is 5.75 Å². The highest BCUT2D eigenvalue weighted by atomic mass is 35.5. The van der Waals surface area contributed by atoms with E-state index < -0.39 is 13.0 Å². The van der Waals surface area contributed by atoms with Crippen LogP contribution in [-0.2, 0) is 5.88 Å². The zero-order valence-corrected chi connectivity index (χ0v) is 8.66. The molecule has 0 saturated carbocycles. The molecule has 0 unspecified atom stereocenters. The highest BCUT2D eigenvalue weighted by Gasteiger charge is 2.10. The van der Waals surface area contributed by atoms with Crippen molar-refractivity contribution in [1.29, 1.82) is 0 Å². The number of hydrogen-bond acceptors (Lipinski definition) is 1. The summed E-state index contributed by atoms with van der Waals surface area (Å²) < 4.78 is 28.6. The van der Waals surface area contributed by atoms with Crippen LogP contribution in [0.1, 0.15) is 5.56 Å². The van der Waals surface area contributed by atoms with E-state index in [0.29, 0.717) is 10.6 Å². The van der Waals surface area contributed by atoms with Crippen molar-refractivity contribution in [1.82, 2.24) is 0 Å². The van der Waals surface area contributed by atoms with Crippen LogP contribution in [0.15, 0.2) is 18.2 Å². The van der Waals surface area contributed by atoms with Crippen molar-refractivity contribution < 1.29 is 13.5 Å². The van der Waals surface area contributed by atoms with Crippen molar-refractivity contribution in [2.45, 2.75) is 12.3 Å². The van der Waals surface area contributed by atoms with Gasteiger partial charge in [-0.2, -0.15) is 0 Å². The standard InChI is InChI=1S/C9H8Cl2F2O/c10-4-6-2-1-3-7(11)9(6)14-5-8(12)13/h1-3,8H,4-5H2. The van der Waals surface area contributed by atoms with Crippen LogP contribution >= 0.6 is 23.2 Å². The van der Waals surface area contributed by atoms with Crippen molar-refractivity contribution >= 4 is 23.2 Å². The molecule has 0 aromatic heterocycles. The van der Waals surface area contributed by atoms with Gasteiger partial charge in [0, 0.05) is 5.56 Å². The molecule has 0 radical (unpaired) electrons. The first-order valence-electron chi connectivity index (χ1n) is 3.89. The van der Waals surface area contributed by atoms with Crippen LogP contribution in [-0.4, -0.2) is 13.0 Å². The largest absolute Gasteiger partial charge is 0.486 e. The fourth-order valence-corrected chi connectivity index (χ4v) is 1.43. The zero-order valence-electron chi connectivity index (χ0n) is 7.14. The maximum Gasteiger partial charge on any atom is 0.272 e. The maximum absolute atomic E-state index is 11.9. The van der Waals surface area contributed by atoms with Gasteiger partial charge in [0.1, 0.15) is 12.4 Å². The van der Waals surface area contributed by atoms with Gasteiger partial charge in [0.15, 0.2) is 0 Å². The maximum atomic E-state index is 11.9. The Bertz CT molecular complexity index is 305. The fraction of sp³-hybridized carbons (Fsp3) is 0.333. The van der Waals surface area contributed by atoms with Crippen molar-refractivity contribution in [3.63, 3.8) is 0 Å². The Kier molecular flexibility index (Phi) is 4.42. The Morgan fingerprint density at radius 1 is 1.36 bits per heavy atom. The minimum atomic E-state index is -2.52. The Balaban J connectivity index is 2.82. The summed E-state index contributed by atoms with van der Waals surface area (Å²) in [7, 11) is 0. The number of rotatable bonds is 4. The molecule has 0 spiro atoms. The van der Waals surface area contributed by atoms with Crippen molar-refractivity contribution in [3.05, 3.63) is 28.8 Å². The van der Waals surface area contributed by atoms with Crippen LogP contribution < -0.4 is 4.74 Å². The number of alkyl halides is 3. The van der Waals surface area contributed by atoms with E-state index in [4.69, 9.17) is 27.9 Å². The molecule has 0 fully saturated rings. The molecule has 78 valence electrons. The average molecular weight is 241 g/mol. The summed E-state index contributed by atoms with van der Waals surface area (Å²) in [5.41, 5.74) is 0.611. The predicted molar refractivity (Wildman–Crippen MR) is 52.5 cm³/mol. The molecule has 0 aliphatic rings. The minimum absolute atomic E-state index is 0.180. The summed E-state index contributed by atoms with van der Waals surface area (Å²) in [6.07, 6.45) is -2.52. The van der Waals surface area contributed by atoms with E-state index >= 15 is 0 Å². The first kappa shape index (κ1) is 11.5. The van der Waals surface area contributed by atoms with E-state index in [1.165, 1.54) is 0 Å². The molecular formula is C9H8Cl2F2O. The van der Waals surface area contributed by atoms with E-state index in [0.717, 1.165) is 0 Å². The van der Waals surface area contributed by atoms with E-state index in [1.54, 1.807) is 18.2 Å². The minimum Gasteiger partial charge on any atom is -0.486 e. The molecule has 0 saturated heterocycles. The normalized spacial score (nSPS) is 10.6. The Morgan fingerprint density at radius 2 is 2.07 bits per heavy atom. The van der Waals surface area contributed by atoms with Crippen LogP contribution in [0.4, 0.5) is 8.78 Å². The topological polar surface area (TPSA) is 9.23 Å². The molecule has 5 heteroatoms. The van der Waals surface area contributed by atoms with E-state index in [1.807, 2.05) is 0 Å². The number of benzene rings is 1. The van der Waals surface area contributed by atoms with Gasteiger partial charge in [-0.15, -0.1) is 11.6 Å². The van der Waals surface area contributed by atoms with E-state index in [9.17, 15) is 8.78 Å². The molecule has 0 bridgehead atoms. The highest BCUT2D eigenvalue weighted by Crippen LogP contribution is 2.29. The van der Waals surface area contributed by atoms with Gasteiger partial charge in [0.05, 0.1) is 10.9 Å². The molecule has 0 atom stereocenters. The molecule has 0 aliphatic carbocycles. The van der Waals surface area contributed by atoms with Gasteiger partial charge in [-0.05, 0) is 6.07 Å².